The van der Waals surface area contributed by atoms with E-state index in [1.54, 1.807) is 19.0 Å². The summed E-state index contributed by atoms with van der Waals surface area (Å²) in [5.74, 6) is 0.0635. The third-order valence-corrected chi connectivity index (χ3v) is 3.16. The third-order valence-electron chi connectivity index (χ3n) is 3.16. The molecule has 116 valence electrons. The van der Waals surface area contributed by atoms with Crippen LogP contribution in [0.15, 0.2) is 0 Å². The van der Waals surface area contributed by atoms with Gasteiger partial charge in [-0.3, -0.25) is 4.79 Å². The van der Waals surface area contributed by atoms with Crippen molar-refractivity contribution >= 4 is 12.0 Å². The second-order valence-electron chi connectivity index (χ2n) is 6.63. The molecule has 0 heterocycles. The van der Waals surface area contributed by atoms with Gasteiger partial charge in [-0.25, -0.2) is 4.79 Å². The van der Waals surface area contributed by atoms with Gasteiger partial charge in [-0.2, -0.15) is 0 Å². The third kappa shape index (κ3) is 5.36. The molecule has 0 aromatic carbocycles. The Balaban J connectivity index is 2.23. The van der Waals surface area contributed by atoms with Crippen LogP contribution < -0.4 is 10.6 Å². The lowest BCUT2D eigenvalue weighted by Gasteiger charge is -2.38. The van der Waals surface area contributed by atoms with Crippen molar-refractivity contribution in [3.05, 3.63) is 0 Å². The highest BCUT2D eigenvalue weighted by Crippen LogP contribution is 2.21. The number of alkyl carbamates (subject to hydrolysis) is 1. The number of carbonyl (C=O) groups is 2. The Bertz CT molecular complexity index is 357. The predicted octanol–water partition coefficient (Wildman–Crippen LogP) is 1.11. The fraction of sp³-hybridized carbons (Fsp3) is 0.857. The predicted molar refractivity (Wildman–Crippen MR) is 77.5 cm³/mol. The molecule has 2 amide bonds. The van der Waals surface area contributed by atoms with Crippen molar-refractivity contribution in [3.63, 3.8) is 0 Å². The summed E-state index contributed by atoms with van der Waals surface area (Å²) < 4.78 is 5.20. The average Bonchev–Trinajstić information content (AvgIpc) is 2.21. The molecular weight excluding hydrogens is 258 g/mol. The normalized spacial score (nSPS) is 23.5. The summed E-state index contributed by atoms with van der Waals surface area (Å²) in [4.78, 5) is 24.9. The Kier molecular flexibility index (Phi) is 5.39. The van der Waals surface area contributed by atoms with Gasteiger partial charge in [0.25, 0.3) is 0 Å². The molecule has 6 nitrogen and oxygen atoms in total. The van der Waals surface area contributed by atoms with Gasteiger partial charge in [0.1, 0.15) is 5.60 Å². The Labute approximate surface area is 121 Å². The first-order chi connectivity index (χ1) is 9.08. The SMILES string of the molecule is CC(NC1CC(NC(=O)OC(C)(C)C)C1)C(=O)N(C)C. The summed E-state index contributed by atoms with van der Waals surface area (Å²) >= 11 is 0. The number of rotatable bonds is 4. The Morgan fingerprint density at radius 2 is 1.75 bits per heavy atom. The summed E-state index contributed by atoms with van der Waals surface area (Å²) in [6, 6.07) is 0.204. The molecule has 1 unspecified atom stereocenters. The molecule has 1 atom stereocenters. The molecule has 20 heavy (non-hydrogen) atoms. The van der Waals surface area contributed by atoms with Gasteiger partial charge in [-0.15, -0.1) is 0 Å². The van der Waals surface area contributed by atoms with E-state index in [1.807, 2.05) is 27.7 Å². The van der Waals surface area contributed by atoms with E-state index in [2.05, 4.69) is 10.6 Å². The molecule has 0 aliphatic heterocycles. The van der Waals surface area contributed by atoms with E-state index in [1.165, 1.54) is 0 Å². The van der Waals surface area contributed by atoms with Crippen LogP contribution in [0.4, 0.5) is 4.79 Å². The second kappa shape index (κ2) is 6.43. The molecule has 0 saturated heterocycles. The number of nitrogens with zero attached hydrogens (tertiary/aromatic N) is 1. The molecule has 1 aliphatic rings. The van der Waals surface area contributed by atoms with Crippen molar-refractivity contribution in [2.45, 2.75) is 64.3 Å². The highest BCUT2D eigenvalue weighted by atomic mass is 16.6. The highest BCUT2D eigenvalue weighted by molar-refractivity contribution is 5.80. The Morgan fingerprint density at radius 1 is 1.20 bits per heavy atom. The number of ether oxygens (including phenoxy) is 1. The molecule has 0 radical (unpaired) electrons. The van der Waals surface area contributed by atoms with Crippen molar-refractivity contribution in [2.24, 2.45) is 0 Å². The molecule has 6 heteroatoms. The molecule has 1 saturated carbocycles. The van der Waals surface area contributed by atoms with Crippen LogP contribution in [0.5, 0.6) is 0 Å². The maximum absolute atomic E-state index is 11.7. The first-order valence-electron chi connectivity index (χ1n) is 7.05. The van der Waals surface area contributed by atoms with Crippen LogP contribution in [0.1, 0.15) is 40.5 Å². The molecule has 0 bridgehead atoms. The second-order valence-corrected chi connectivity index (χ2v) is 6.63. The molecule has 0 spiro atoms. The van der Waals surface area contributed by atoms with Crippen molar-refractivity contribution in [1.29, 1.82) is 0 Å². The molecule has 1 fully saturated rings. The fourth-order valence-corrected chi connectivity index (χ4v) is 2.16. The number of carbonyl (C=O) groups excluding carboxylic acids is 2. The van der Waals surface area contributed by atoms with Crippen LogP contribution in [-0.2, 0) is 9.53 Å². The summed E-state index contributed by atoms with van der Waals surface area (Å²) in [5, 5.41) is 6.10. The summed E-state index contributed by atoms with van der Waals surface area (Å²) in [5.41, 5.74) is -0.474. The van der Waals surface area contributed by atoms with Crippen LogP contribution in [0, 0.1) is 0 Å². The standard InChI is InChI=1S/C14H27N3O3/c1-9(12(18)17(5)6)15-10-7-11(8-10)16-13(19)20-14(2,3)4/h9-11,15H,7-8H2,1-6H3,(H,16,19). The van der Waals surface area contributed by atoms with Crippen molar-refractivity contribution < 1.29 is 14.3 Å². The van der Waals surface area contributed by atoms with Crippen molar-refractivity contribution in [2.75, 3.05) is 14.1 Å². The van der Waals surface area contributed by atoms with Gasteiger partial charge in [-0.1, -0.05) is 0 Å². The molecular formula is C14H27N3O3. The molecule has 0 aromatic rings. The Morgan fingerprint density at radius 3 is 2.20 bits per heavy atom. The molecule has 1 aliphatic carbocycles. The lowest BCUT2D eigenvalue weighted by Crippen LogP contribution is -2.57. The zero-order valence-electron chi connectivity index (χ0n) is 13.3. The van der Waals surface area contributed by atoms with Crippen molar-refractivity contribution in [3.8, 4) is 0 Å². The molecule has 1 rings (SSSR count). The monoisotopic (exact) mass is 285 g/mol. The van der Waals surface area contributed by atoms with Gasteiger partial charge < -0.3 is 20.3 Å². The van der Waals surface area contributed by atoms with Crippen LogP contribution in [-0.4, -0.2) is 54.7 Å². The van der Waals surface area contributed by atoms with Crippen LogP contribution >= 0.6 is 0 Å². The topological polar surface area (TPSA) is 70.7 Å². The lowest BCUT2D eigenvalue weighted by atomic mass is 9.86. The Hall–Kier alpha value is -1.30. The van der Waals surface area contributed by atoms with E-state index >= 15 is 0 Å². The van der Waals surface area contributed by atoms with Crippen molar-refractivity contribution in [1.82, 2.24) is 15.5 Å². The zero-order chi connectivity index (χ0) is 15.5. The first kappa shape index (κ1) is 16.8. The van der Waals surface area contributed by atoms with Crippen LogP contribution in [0.2, 0.25) is 0 Å². The minimum Gasteiger partial charge on any atom is -0.444 e. The first-order valence-corrected chi connectivity index (χ1v) is 7.05. The molecule has 2 N–H and O–H groups in total. The van der Waals surface area contributed by atoms with Gasteiger partial charge in [0, 0.05) is 26.2 Å². The van der Waals surface area contributed by atoms with Gasteiger partial charge >= 0.3 is 6.09 Å². The summed E-state index contributed by atoms with van der Waals surface area (Å²) in [6.07, 6.45) is 1.27. The molecule has 0 aromatic heterocycles. The van der Waals surface area contributed by atoms with E-state index in [4.69, 9.17) is 4.74 Å². The van der Waals surface area contributed by atoms with E-state index < -0.39 is 5.60 Å². The number of hydrogen-bond donors (Lipinski definition) is 2. The lowest BCUT2D eigenvalue weighted by molar-refractivity contribution is -0.130. The zero-order valence-corrected chi connectivity index (χ0v) is 13.3. The van der Waals surface area contributed by atoms with E-state index in [0.717, 1.165) is 12.8 Å². The largest absolute Gasteiger partial charge is 0.444 e. The number of hydrogen-bond acceptors (Lipinski definition) is 4. The summed E-state index contributed by atoms with van der Waals surface area (Å²) in [7, 11) is 3.49. The number of amides is 2. The average molecular weight is 285 g/mol. The van der Waals surface area contributed by atoms with Crippen LogP contribution in [0.3, 0.4) is 0 Å². The highest BCUT2D eigenvalue weighted by Gasteiger charge is 2.33. The van der Waals surface area contributed by atoms with E-state index in [-0.39, 0.29) is 30.1 Å². The fourth-order valence-electron chi connectivity index (χ4n) is 2.16. The minimum atomic E-state index is -0.474. The van der Waals surface area contributed by atoms with Gasteiger partial charge in [0.2, 0.25) is 5.91 Å². The van der Waals surface area contributed by atoms with Crippen LogP contribution in [0.25, 0.3) is 0 Å². The maximum atomic E-state index is 11.7. The summed E-state index contributed by atoms with van der Waals surface area (Å²) in [6.45, 7) is 7.38. The number of nitrogens with one attached hydrogen (secondary N) is 2. The maximum Gasteiger partial charge on any atom is 0.407 e. The van der Waals surface area contributed by atoms with Gasteiger partial charge in [0.05, 0.1) is 6.04 Å². The van der Waals surface area contributed by atoms with E-state index in [0.29, 0.717) is 0 Å². The smallest absolute Gasteiger partial charge is 0.407 e. The van der Waals surface area contributed by atoms with Gasteiger partial charge in [-0.05, 0) is 40.5 Å². The quantitative estimate of drug-likeness (QED) is 0.812. The minimum absolute atomic E-state index is 0.0635. The van der Waals surface area contributed by atoms with Gasteiger partial charge in [0.15, 0.2) is 0 Å². The van der Waals surface area contributed by atoms with E-state index in [9.17, 15) is 9.59 Å². The number of likely N-dealkylation sites (N-methyl/N-ethyl adjacent to an activating group) is 1.